The molecule has 0 aromatic carbocycles. The molecule has 0 radical (unpaired) electrons. The third-order valence-electron chi connectivity index (χ3n) is 3.05. The minimum Gasteiger partial charge on any atom is -0.444 e. The highest BCUT2D eigenvalue weighted by atomic mass is 16.6. The van der Waals surface area contributed by atoms with Crippen LogP contribution < -0.4 is 5.32 Å². The van der Waals surface area contributed by atoms with Gasteiger partial charge in [0.05, 0.1) is 18.2 Å². The first-order valence-corrected chi connectivity index (χ1v) is 5.78. The van der Waals surface area contributed by atoms with Crippen molar-refractivity contribution in [3.05, 3.63) is 0 Å². The number of hydrogen-bond acceptors (Lipinski definition) is 4. The molecule has 0 spiro atoms. The Balaban J connectivity index is 2.07. The van der Waals surface area contributed by atoms with Gasteiger partial charge in [-0.2, -0.15) is 0 Å². The molecule has 5 nitrogen and oxygen atoms in total. The van der Waals surface area contributed by atoms with Crippen molar-refractivity contribution in [2.45, 2.75) is 51.0 Å². The van der Waals surface area contributed by atoms with E-state index in [2.05, 4.69) is 5.32 Å². The second-order valence-electron chi connectivity index (χ2n) is 5.57. The number of nitrogens with one attached hydrogen (secondary N) is 1. The van der Waals surface area contributed by atoms with Gasteiger partial charge in [0.1, 0.15) is 5.60 Å². The Morgan fingerprint density at radius 2 is 2.12 bits per heavy atom. The van der Waals surface area contributed by atoms with Crippen LogP contribution in [0.15, 0.2) is 0 Å². The number of aliphatic hydroxyl groups is 1. The summed E-state index contributed by atoms with van der Waals surface area (Å²) in [4.78, 5) is 13.7. The molecule has 0 aliphatic carbocycles. The van der Waals surface area contributed by atoms with Crippen molar-refractivity contribution in [2.75, 3.05) is 13.1 Å². The number of rotatable bonds is 0. The van der Waals surface area contributed by atoms with E-state index < -0.39 is 11.7 Å². The molecule has 2 heterocycles. The molecule has 92 valence electrons. The zero-order chi connectivity index (χ0) is 11.9. The fourth-order valence-electron chi connectivity index (χ4n) is 2.42. The van der Waals surface area contributed by atoms with Crippen LogP contribution in [-0.4, -0.2) is 53.0 Å². The summed E-state index contributed by atoms with van der Waals surface area (Å²) in [5.41, 5.74) is -0.480. The Hall–Kier alpha value is -0.810. The third kappa shape index (κ3) is 2.15. The third-order valence-corrected chi connectivity index (χ3v) is 3.05. The second kappa shape index (κ2) is 3.89. The van der Waals surface area contributed by atoms with Crippen molar-refractivity contribution in [2.24, 2.45) is 0 Å². The number of carbonyl (C=O) groups is 1. The topological polar surface area (TPSA) is 61.8 Å². The van der Waals surface area contributed by atoms with E-state index in [0.717, 1.165) is 6.54 Å². The lowest BCUT2D eigenvalue weighted by molar-refractivity contribution is 0.00361. The van der Waals surface area contributed by atoms with Crippen LogP contribution in [0, 0.1) is 0 Å². The van der Waals surface area contributed by atoms with Crippen LogP contribution in [-0.2, 0) is 4.74 Å². The van der Waals surface area contributed by atoms with Crippen LogP contribution in [0.2, 0.25) is 0 Å². The van der Waals surface area contributed by atoms with Gasteiger partial charge < -0.3 is 15.2 Å². The van der Waals surface area contributed by atoms with Crippen molar-refractivity contribution in [1.29, 1.82) is 0 Å². The maximum absolute atomic E-state index is 12.0. The first-order valence-electron chi connectivity index (χ1n) is 5.78. The van der Waals surface area contributed by atoms with E-state index in [9.17, 15) is 9.90 Å². The molecule has 0 unspecified atom stereocenters. The van der Waals surface area contributed by atoms with E-state index in [1.165, 1.54) is 0 Å². The number of hydrogen-bond donors (Lipinski definition) is 2. The first-order chi connectivity index (χ1) is 7.38. The molecule has 1 amide bonds. The molecule has 2 N–H and O–H groups in total. The van der Waals surface area contributed by atoms with Crippen molar-refractivity contribution < 1.29 is 14.6 Å². The largest absolute Gasteiger partial charge is 0.444 e. The molecule has 16 heavy (non-hydrogen) atoms. The zero-order valence-corrected chi connectivity index (χ0v) is 10.1. The molecule has 2 aliphatic rings. The molecular weight excluding hydrogens is 208 g/mol. The average molecular weight is 228 g/mol. The van der Waals surface area contributed by atoms with E-state index in [-0.39, 0.29) is 18.2 Å². The number of aliphatic hydroxyl groups excluding tert-OH is 1. The summed E-state index contributed by atoms with van der Waals surface area (Å²) in [7, 11) is 0. The van der Waals surface area contributed by atoms with E-state index >= 15 is 0 Å². The normalized spacial score (nSPS) is 34.0. The summed E-state index contributed by atoms with van der Waals surface area (Å²) in [5.74, 6) is 0. The molecule has 2 aliphatic heterocycles. The van der Waals surface area contributed by atoms with Gasteiger partial charge in [-0.1, -0.05) is 0 Å². The first kappa shape index (κ1) is 11.7. The lowest BCUT2D eigenvalue weighted by Gasteiger charge is -2.36. The summed E-state index contributed by atoms with van der Waals surface area (Å²) in [5, 5.41) is 13.0. The minimum absolute atomic E-state index is 0.0728. The Morgan fingerprint density at radius 1 is 1.44 bits per heavy atom. The van der Waals surface area contributed by atoms with Gasteiger partial charge in [0.15, 0.2) is 0 Å². The molecular formula is C11H20N2O3. The number of piperazine rings is 1. The molecule has 3 atom stereocenters. The van der Waals surface area contributed by atoms with Gasteiger partial charge in [-0.05, 0) is 27.2 Å². The molecule has 0 aromatic heterocycles. The van der Waals surface area contributed by atoms with Gasteiger partial charge in [-0.25, -0.2) is 4.79 Å². The Labute approximate surface area is 95.8 Å². The van der Waals surface area contributed by atoms with Gasteiger partial charge in [0.25, 0.3) is 0 Å². The molecule has 5 heteroatoms. The number of nitrogens with zero attached hydrogens (tertiary/aromatic N) is 1. The van der Waals surface area contributed by atoms with E-state index in [4.69, 9.17) is 4.74 Å². The van der Waals surface area contributed by atoms with Gasteiger partial charge in [0.2, 0.25) is 0 Å². The van der Waals surface area contributed by atoms with Crippen molar-refractivity contribution in [1.82, 2.24) is 10.2 Å². The van der Waals surface area contributed by atoms with E-state index in [1.54, 1.807) is 4.90 Å². The van der Waals surface area contributed by atoms with Crippen LogP contribution in [0.1, 0.15) is 27.2 Å². The lowest BCUT2D eigenvalue weighted by atomic mass is 10.2. The van der Waals surface area contributed by atoms with Crippen LogP contribution in [0.4, 0.5) is 4.79 Å². The minimum atomic E-state index is -0.480. The fraction of sp³-hybridized carbons (Fsp3) is 0.909. The van der Waals surface area contributed by atoms with Crippen LogP contribution in [0.3, 0.4) is 0 Å². The molecule has 2 saturated heterocycles. The quantitative estimate of drug-likeness (QED) is 0.627. The van der Waals surface area contributed by atoms with Gasteiger partial charge in [-0.15, -0.1) is 0 Å². The maximum atomic E-state index is 12.0. The molecule has 0 aromatic rings. The highest BCUT2D eigenvalue weighted by Crippen LogP contribution is 2.28. The van der Waals surface area contributed by atoms with Crippen molar-refractivity contribution in [3.8, 4) is 0 Å². The van der Waals surface area contributed by atoms with Gasteiger partial charge in [0, 0.05) is 13.1 Å². The molecule has 2 bridgehead atoms. The number of amides is 1. The smallest absolute Gasteiger partial charge is 0.410 e. The fourth-order valence-corrected chi connectivity index (χ4v) is 2.42. The number of carbonyl (C=O) groups excluding carboxylic acids is 1. The van der Waals surface area contributed by atoms with Gasteiger partial charge >= 0.3 is 6.09 Å². The standard InChI is InChI=1S/C11H20N2O3/c1-11(2,3)16-10(15)13-7-4-9(14)8(13)6-12-5-7/h7-9,12,14H,4-6H2,1-3H3/t7-,8-,9+/m1/s1. The summed E-state index contributed by atoms with van der Waals surface area (Å²) in [6, 6.07) is -0.0581. The summed E-state index contributed by atoms with van der Waals surface area (Å²) >= 11 is 0. The molecule has 0 saturated carbocycles. The predicted octanol–water partition coefficient (Wildman–Crippen LogP) is 0.328. The van der Waals surface area contributed by atoms with E-state index in [0.29, 0.717) is 13.0 Å². The summed E-state index contributed by atoms with van der Waals surface area (Å²) in [6.45, 7) is 6.95. The Kier molecular flexibility index (Phi) is 2.84. The second-order valence-corrected chi connectivity index (χ2v) is 5.57. The average Bonchev–Trinajstić information content (AvgIpc) is 2.31. The van der Waals surface area contributed by atoms with Gasteiger partial charge in [-0.3, -0.25) is 4.90 Å². The van der Waals surface area contributed by atoms with E-state index in [1.807, 2.05) is 20.8 Å². The number of fused-ring (bicyclic) bond motifs is 2. The summed E-state index contributed by atoms with van der Waals surface area (Å²) < 4.78 is 5.35. The monoisotopic (exact) mass is 228 g/mol. The number of ether oxygens (including phenoxy) is 1. The highest BCUT2D eigenvalue weighted by Gasteiger charge is 2.46. The highest BCUT2D eigenvalue weighted by molar-refractivity contribution is 5.70. The van der Waals surface area contributed by atoms with Crippen LogP contribution in [0.25, 0.3) is 0 Å². The van der Waals surface area contributed by atoms with Crippen molar-refractivity contribution in [3.63, 3.8) is 0 Å². The molecule has 2 fully saturated rings. The Morgan fingerprint density at radius 3 is 2.69 bits per heavy atom. The SMILES string of the molecule is CC(C)(C)OC(=O)N1[C@H]2CNC[C@@H]1[C@@H](O)C2. The molecule has 2 rings (SSSR count). The van der Waals surface area contributed by atoms with Crippen molar-refractivity contribution >= 4 is 6.09 Å². The summed E-state index contributed by atoms with van der Waals surface area (Å²) in [6.07, 6.45) is -0.0789. The lowest BCUT2D eigenvalue weighted by Crippen LogP contribution is -2.56. The Bertz CT molecular complexity index is 287. The predicted molar refractivity (Wildman–Crippen MR) is 59.1 cm³/mol. The zero-order valence-electron chi connectivity index (χ0n) is 10.1. The van der Waals surface area contributed by atoms with Crippen LogP contribution >= 0.6 is 0 Å². The van der Waals surface area contributed by atoms with Crippen LogP contribution in [0.5, 0.6) is 0 Å². The maximum Gasteiger partial charge on any atom is 0.410 e.